The maximum atomic E-state index is 11.8. The molecule has 4 nitrogen and oxygen atoms in total. The fourth-order valence-electron chi connectivity index (χ4n) is 2.15. The van der Waals surface area contributed by atoms with Crippen molar-refractivity contribution in [3.8, 4) is 11.1 Å². The van der Waals surface area contributed by atoms with Gasteiger partial charge in [-0.15, -0.1) is 0 Å². The minimum absolute atomic E-state index is 0.267. The van der Waals surface area contributed by atoms with E-state index in [0.717, 1.165) is 11.3 Å². The largest absolute Gasteiger partial charge is 0.272 e. The van der Waals surface area contributed by atoms with Crippen LogP contribution in [0.2, 0.25) is 5.02 Å². The van der Waals surface area contributed by atoms with Crippen LogP contribution < -0.4 is 5.56 Å². The first-order chi connectivity index (χ1) is 10.2. The molecule has 0 bridgehead atoms. The maximum absolute atomic E-state index is 11.8. The molecule has 0 atom stereocenters. The van der Waals surface area contributed by atoms with Crippen LogP contribution in [-0.4, -0.2) is 15.2 Å². The lowest BCUT2D eigenvalue weighted by atomic mass is 10.0. The predicted molar refractivity (Wildman–Crippen MR) is 82.3 cm³/mol. The van der Waals surface area contributed by atoms with Crippen LogP contribution in [0, 0.1) is 0 Å². The third-order valence-corrected chi connectivity index (χ3v) is 3.46. The van der Waals surface area contributed by atoms with E-state index in [0.29, 0.717) is 22.6 Å². The van der Waals surface area contributed by atoms with Crippen molar-refractivity contribution in [1.82, 2.24) is 15.2 Å². The summed E-state index contributed by atoms with van der Waals surface area (Å²) >= 11 is 6.17. The third kappa shape index (κ3) is 3.01. The fraction of sp³-hybridized carbons (Fsp3) is 0.0625. The van der Waals surface area contributed by atoms with Crippen molar-refractivity contribution in [2.24, 2.45) is 0 Å². The van der Waals surface area contributed by atoms with E-state index in [9.17, 15) is 4.79 Å². The summed E-state index contributed by atoms with van der Waals surface area (Å²) in [5.74, 6) is 0. The smallest absolute Gasteiger partial charge is 0.267 e. The quantitative estimate of drug-likeness (QED) is 0.808. The van der Waals surface area contributed by atoms with Crippen LogP contribution in [0.15, 0.2) is 59.7 Å². The number of nitrogens with zero attached hydrogens (tertiary/aromatic N) is 2. The first kappa shape index (κ1) is 13.5. The van der Waals surface area contributed by atoms with E-state index >= 15 is 0 Å². The van der Waals surface area contributed by atoms with Gasteiger partial charge in [0.15, 0.2) is 0 Å². The first-order valence-electron chi connectivity index (χ1n) is 6.46. The predicted octanol–water partition coefficient (Wildman–Crippen LogP) is 3.08. The van der Waals surface area contributed by atoms with E-state index in [1.54, 1.807) is 12.3 Å². The summed E-state index contributed by atoms with van der Waals surface area (Å²) in [4.78, 5) is 16.2. The van der Waals surface area contributed by atoms with Gasteiger partial charge in [-0.25, -0.2) is 5.10 Å². The van der Waals surface area contributed by atoms with Crippen LogP contribution in [0.5, 0.6) is 0 Å². The highest BCUT2D eigenvalue weighted by atomic mass is 35.5. The van der Waals surface area contributed by atoms with Gasteiger partial charge in [-0.3, -0.25) is 9.78 Å². The molecule has 1 N–H and O–H groups in total. The van der Waals surface area contributed by atoms with Crippen LogP contribution in [0.25, 0.3) is 11.1 Å². The van der Waals surface area contributed by atoms with Crippen molar-refractivity contribution in [1.29, 1.82) is 0 Å². The minimum atomic E-state index is -0.267. The summed E-state index contributed by atoms with van der Waals surface area (Å²) in [6.07, 6.45) is 3.80. The topological polar surface area (TPSA) is 58.6 Å². The van der Waals surface area contributed by atoms with E-state index in [4.69, 9.17) is 11.6 Å². The molecule has 1 aromatic carbocycles. The van der Waals surface area contributed by atoms with Gasteiger partial charge in [0.1, 0.15) is 0 Å². The molecule has 0 saturated heterocycles. The van der Waals surface area contributed by atoms with Gasteiger partial charge in [0.2, 0.25) is 0 Å². The Kier molecular flexibility index (Phi) is 3.79. The van der Waals surface area contributed by atoms with Gasteiger partial charge in [-0.05, 0) is 17.7 Å². The molecular weight excluding hydrogens is 286 g/mol. The molecule has 0 unspecified atom stereocenters. The number of hydrogen-bond donors (Lipinski definition) is 1. The van der Waals surface area contributed by atoms with Crippen molar-refractivity contribution in [3.63, 3.8) is 0 Å². The summed E-state index contributed by atoms with van der Waals surface area (Å²) < 4.78 is 0. The zero-order valence-corrected chi connectivity index (χ0v) is 11.8. The zero-order valence-electron chi connectivity index (χ0n) is 11.1. The summed E-state index contributed by atoms with van der Waals surface area (Å²) in [5, 5.41) is 6.55. The molecule has 0 radical (unpaired) electrons. The van der Waals surface area contributed by atoms with Crippen LogP contribution in [0.3, 0.4) is 0 Å². The Bertz CT molecular complexity index is 815. The van der Waals surface area contributed by atoms with Gasteiger partial charge in [-0.1, -0.05) is 41.9 Å². The highest BCUT2D eigenvalue weighted by molar-refractivity contribution is 6.33. The number of H-pyrrole nitrogens is 1. The number of rotatable bonds is 3. The molecular formula is C16H12ClN3O. The maximum Gasteiger partial charge on any atom is 0.272 e. The number of aromatic nitrogens is 3. The third-order valence-electron chi connectivity index (χ3n) is 3.16. The lowest BCUT2D eigenvalue weighted by Crippen LogP contribution is -2.10. The molecule has 0 aliphatic rings. The number of hydrogen-bond acceptors (Lipinski definition) is 3. The Labute approximate surface area is 126 Å². The average molecular weight is 298 g/mol. The van der Waals surface area contributed by atoms with Crippen molar-refractivity contribution < 1.29 is 0 Å². The fourth-order valence-corrected chi connectivity index (χ4v) is 2.35. The molecule has 2 heterocycles. The van der Waals surface area contributed by atoms with E-state index in [-0.39, 0.29) is 5.56 Å². The number of halogens is 1. The lowest BCUT2D eigenvalue weighted by molar-refractivity contribution is 0.990. The molecule has 5 heteroatoms. The standard InChI is InChI=1S/C16H12ClN3O/c17-15-10-18-12(8-11-4-2-1-3-5-11)9-14(15)13-6-7-19-20-16(13)21/h1-7,9-10H,8H2,(H,20,21). The van der Waals surface area contributed by atoms with Gasteiger partial charge in [-0.2, -0.15) is 5.10 Å². The number of benzene rings is 1. The normalized spacial score (nSPS) is 10.5. The van der Waals surface area contributed by atoms with Crippen molar-refractivity contribution >= 4 is 11.6 Å². The Balaban J connectivity index is 2.01. The van der Waals surface area contributed by atoms with Crippen LogP contribution in [-0.2, 0) is 6.42 Å². The van der Waals surface area contributed by atoms with Crippen LogP contribution in [0.1, 0.15) is 11.3 Å². The summed E-state index contributed by atoms with van der Waals surface area (Å²) in [6.45, 7) is 0. The van der Waals surface area contributed by atoms with Gasteiger partial charge in [0, 0.05) is 30.1 Å². The van der Waals surface area contributed by atoms with Gasteiger partial charge < -0.3 is 0 Å². The summed E-state index contributed by atoms with van der Waals surface area (Å²) in [6, 6.07) is 13.5. The Hall–Kier alpha value is -2.46. The second-order valence-electron chi connectivity index (χ2n) is 4.62. The monoisotopic (exact) mass is 297 g/mol. The Morgan fingerprint density at radius 3 is 2.67 bits per heavy atom. The summed E-state index contributed by atoms with van der Waals surface area (Å²) in [5.41, 5.74) is 2.91. The lowest BCUT2D eigenvalue weighted by Gasteiger charge is -2.06. The highest BCUT2D eigenvalue weighted by Crippen LogP contribution is 2.25. The van der Waals surface area contributed by atoms with E-state index < -0.39 is 0 Å². The number of nitrogens with one attached hydrogen (secondary N) is 1. The molecule has 104 valence electrons. The number of pyridine rings is 1. The molecule has 3 aromatic rings. The highest BCUT2D eigenvalue weighted by Gasteiger charge is 2.10. The molecule has 0 aliphatic carbocycles. The molecule has 0 aliphatic heterocycles. The molecule has 0 fully saturated rings. The SMILES string of the molecule is O=c1[nH]nccc1-c1cc(Cc2ccccc2)ncc1Cl. The van der Waals surface area contributed by atoms with Crippen molar-refractivity contribution in [3.05, 3.63) is 81.5 Å². The number of aromatic amines is 1. The molecule has 3 rings (SSSR count). The second-order valence-corrected chi connectivity index (χ2v) is 5.02. The average Bonchev–Trinajstić information content (AvgIpc) is 2.51. The molecule has 0 amide bonds. The van der Waals surface area contributed by atoms with Gasteiger partial charge >= 0.3 is 0 Å². The van der Waals surface area contributed by atoms with E-state index in [2.05, 4.69) is 15.2 Å². The van der Waals surface area contributed by atoms with Crippen molar-refractivity contribution in [2.45, 2.75) is 6.42 Å². The molecule has 0 saturated carbocycles. The van der Waals surface area contributed by atoms with E-state index in [1.165, 1.54) is 6.20 Å². The van der Waals surface area contributed by atoms with Crippen LogP contribution >= 0.6 is 11.6 Å². The van der Waals surface area contributed by atoms with Crippen LogP contribution in [0.4, 0.5) is 0 Å². The molecule has 21 heavy (non-hydrogen) atoms. The Morgan fingerprint density at radius 2 is 1.90 bits per heavy atom. The second kappa shape index (κ2) is 5.89. The molecule has 2 aromatic heterocycles. The Morgan fingerprint density at radius 1 is 1.10 bits per heavy atom. The zero-order chi connectivity index (χ0) is 14.7. The first-order valence-corrected chi connectivity index (χ1v) is 6.84. The van der Waals surface area contributed by atoms with Crippen molar-refractivity contribution in [2.75, 3.05) is 0 Å². The van der Waals surface area contributed by atoms with Gasteiger partial charge in [0.05, 0.1) is 10.6 Å². The van der Waals surface area contributed by atoms with E-state index in [1.807, 2.05) is 36.4 Å². The summed E-state index contributed by atoms with van der Waals surface area (Å²) in [7, 11) is 0. The minimum Gasteiger partial charge on any atom is -0.267 e. The molecule has 0 spiro atoms. The van der Waals surface area contributed by atoms with Gasteiger partial charge in [0.25, 0.3) is 5.56 Å².